The molecule has 0 spiro atoms. The number of nitrogens with one attached hydrogen (secondary N) is 2. The van der Waals surface area contributed by atoms with E-state index in [9.17, 15) is 9.59 Å². The molecule has 0 aliphatic carbocycles. The number of hydrogen-bond acceptors (Lipinski definition) is 3. The summed E-state index contributed by atoms with van der Waals surface area (Å²) in [6.07, 6.45) is 5.56. The average molecular weight is 270 g/mol. The lowest BCUT2D eigenvalue weighted by Gasteiger charge is -2.15. The molecule has 5 heteroatoms. The van der Waals surface area contributed by atoms with Gasteiger partial charge in [-0.25, -0.2) is 0 Å². The molecule has 5 nitrogen and oxygen atoms in total. The predicted octanol–water partition coefficient (Wildman–Crippen LogP) is 1.53. The predicted molar refractivity (Wildman–Crippen MR) is 73.9 cm³/mol. The summed E-state index contributed by atoms with van der Waals surface area (Å²) in [4.78, 5) is 22.2. The first kappa shape index (κ1) is 16.0. The van der Waals surface area contributed by atoms with Crippen molar-refractivity contribution in [2.24, 2.45) is 5.92 Å². The first-order valence-electron chi connectivity index (χ1n) is 7.33. The van der Waals surface area contributed by atoms with Gasteiger partial charge >= 0.3 is 5.97 Å². The second-order valence-electron chi connectivity index (χ2n) is 5.34. The molecule has 19 heavy (non-hydrogen) atoms. The molecule has 2 atom stereocenters. The number of carboxylic acids is 1. The van der Waals surface area contributed by atoms with Crippen molar-refractivity contribution in [1.29, 1.82) is 0 Å². The van der Waals surface area contributed by atoms with Crippen LogP contribution in [-0.4, -0.2) is 36.1 Å². The van der Waals surface area contributed by atoms with Gasteiger partial charge in [0.05, 0.1) is 0 Å². The number of carbonyl (C=O) groups is 2. The Labute approximate surface area is 115 Å². The molecule has 2 unspecified atom stereocenters. The van der Waals surface area contributed by atoms with Gasteiger partial charge < -0.3 is 15.7 Å². The highest BCUT2D eigenvalue weighted by molar-refractivity contribution is 5.76. The molecule has 0 saturated carbocycles. The van der Waals surface area contributed by atoms with Crippen LogP contribution in [0.25, 0.3) is 0 Å². The highest BCUT2D eigenvalue weighted by Crippen LogP contribution is 2.14. The Hall–Kier alpha value is -1.10. The highest BCUT2D eigenvalue weighted by atomic mass is 16.4. The maximum Gasteiger partial charge on any atom is 0.303 e. The standard InChI is InChI=1S/C14H26N2O3/c1-2-11(5-6-14(18)19)7-9-16-13(17)10-12-4-3-8-15-12/h11-12,15H,2-10H2,1H3,(H,16,17)(H,18,19). The monoisotopic (exact) mass is 270 g/mol. The lowest BCUT2D eigenvalue weighted by molar-refractivity contribution is -0.137. The van der Waals surface area contributed by atoms with Gasteiger partial charge in [0.1, 0.15) is 0 Å². The second kappa shape index (κ2) is 8.91. The summed E-state index contributed by atoms with van der Waals surface area (Å²) < 4.78 is 0. The molecule has 1 fully saturated rings. The van der Waals surface area contributed by atoms with E-state index in [0.717, 1.165) is 32.2 Å². The lowest BCUT2D eigenvalue weighted by Crippen LogP contribution is -2.32. The molecule has 0 aromatic rings. The topological polar surface area (TPSA) is 78.4 Å². The first-order chi connectivity index (χ1) is 9.11. The van der Waals surface area contributed by atoms with Crippen LogP contribution in [0, 0.1) is 5.92 Å². The van der Waals surface area contributed by atoms with Gasteiger partial charge in [-0.15, -0.1) is 0 Å². The Bertz CT molecular complexity index is 288. The van der Waals surface area contributed by atoms with Gasteiger partial charge in [0, 0.05) is 25.4 Å². The molecule has 110 valence electrons. The fraction of sp³-hybridized carbons (Fsp3) is 0.857. The molecule has 1 amide bonds. The Morgan fingerprint density at radius 1 is 1.42 bits per heavy atom. The lowest BCUT2D eigenvalue weighted by atomic mass is 9.96. The fourth-order valence-corrected chi connectivity index (χ4v) is 2.52. The normalized spacial score (nSPS) is 20.2. The van der Waals surface area contributed by atoms with Crippen molar-refractivity contribution in [2.45, 2.75) is 57.9 Å². The van der Waals surface area contributed by atoms with E-state index < -0.39 is 5.97 Å². The van der Waals surface area contributed by atoms with E-state index in [1.165, 1.54) is 0 Å². The van der Waals surface area contributed by atoms with Crippen LogP contribution in [-0.2, 0) is 9.59 Å². The summed E-state index contributed by atoms with van der Waals surface area (Å²) in [6, 6.07) is 0.342. The van der Waals surface area contributed by atoms with E-state index in [2.05, 4.69) is 17.6 Å². The van der Waals surface area contributed by atoms with Gasteiger partial charge in [-0.05, 0) is 38.1 Å². The summed E-state index contributed by atoms with van der Waals surface area (Å²) >= 11 is 0. The minimum atomic E-state index is -0.741. The number of hydrogen-bond donors (Lipinski definition) is 3. The maximum atomic E-state index is 11.7. The van der Waals surface area contributed by atoms with Crippen molar-refractivity contribution >= 4 is 11.9 Å². The summed E-state index contributed by atoms with van der Waals surface area (Å²) in [5.41, 5.74) is 0. The number of carboxylic acid groups (broad SMARTS) is 1. The molecular formula is C14H26N2O3. The van der Waals surface area contributed by atoms with E-state index in [-0.39, 0.29) is 12.3 Å². The van der Waals surface area contributed by atoms with Gasteiger partial charge in [-0.2, -0.15) is 0 Å². The Balaban J connectivity index is 2.09. The van der Waals surface area contributed by atoms with Crippen LogP contribution >= 0.6 is 0 Å². The third-order valence-electron chi connectivity index (χ3n) is 3.81. The van der Waals surface area contributed by atoms with Crippen LogP contribution in [0.3, 0.4) is 0 Å². The molecule has 1 heterocycles. The van der Waals surface area contributed by atoms with Crippen molar-refractivity contribution in [3.05, 3.63) is 0 Å². The summed E-state index contributed by atoms with van der Waals surface area (Å²) in [5.74, 6) is -0.247. The average Bonchev–Trinajstić information content (AvgIpc) is 2.86. The van der Waals surface area contributed by atoms with Gasteiger partial charge in [0.2, 0.25) is 5.91 Å². The van der Waals surface area contributed by atoms with E-state index in [1.54, 1.807) is 0 Å². The van der Waals surface area contributed by atoms with Gasteiger partial charge in [0.15, 0.2) is 0 Å². The summed E-state index contributed by atoms with van der Waals surface area (Å²) in [6.45, 7) is 3.74. The van der Waals surface area contributed by atoms with E-state index in [1.807, 2.05) is 0 Å². The van der Waals surface area contributed by atoms with Crippen molar-refractivity contribution in [3.63, 3.8) is 0 Å². The van der Waals surface area contributed by atoms with Crippen LogP contribution in [0.5, 0.6) is 0 Å². The first-order valence-corrected chi connectivity index (χ1v) is 7.33. The summed E-state index contributed by atoms with van der Waals surface area (Å²) in [5, 5.41) is 14.9. The zero-order valence-electron chi connectivity index (χ0n) is 11.8. The molecule has 1 rings (SSSR count). The zero-order chi connectivity index (χ0) is 14.1. The molecule has 0 bridgehead atoms. The number of rotatable bonds is 9. The van der Waals surface area contributed by atoms with Gasteiger partial charge in [0.25, 0.3) is 0 Å². The van der Waals surface area contributed by atoms with Crippen LogP contribution in [0.2, 0.25) is 0 Å². The third kappa shape index (κ3) is 7.15. The molecule has 1 saturated heterocycles. The van der Waals surface area contributed by atoms with Crippen LogP contribution < -0.4 is 10.6 Å². The quantitative estimate of drug-likeness (QED) is 0.593. The minimum Gasteiger partial charge on any atom is -0.481 e. The second-order valence-corrected chi connectivity index (χ2v) is 5.34. The molecule has 3 N–H and O–H groups in total. The molecule has 0 aromatic carbocycles. The minimum absolute atomic E-state index is 0.104. The van der Waals surface area contributed by atoms with E-state index >= 15 is 0 Å². The SMILES string of the molecule is CCC(CCNC(=O)CC1CCCN1)CCC(=O)O. The van der Waals surface area contributed by atoms with Crippen molar-refractivity contribution in [3.8, 4) is 0 Å². The number of amides is 1. The van der Waals surface area contributed by atoms with Crippen molar-refractivity contribution in [2.75, 3.05) is 13.1 Å². The molecule has 0 radical (unpaired) electrons. The molecular weight excluding hydrogens is 244 g/mol. The number of aliphatic carboxylic acids is 1. The van der Waals surface area contributed by atoms with Crippen molar-refractivity contribution in [1.82, 2.24) is 10.6 Å². The van der Waals surface area contributed by atoms with E-state index in [0.29, 0.717) is 31.3 Å². The van der Waals surface area contributed by atoms with Gasteiger partial charge in [-0.1, -0.05) is 13.3 Å². The van der Waals surface area contributed by atoms with Crippen LogP contribution in [0.1, 0.15) is 51.9 Å². The van der Waals surface area contributed by atoms with Gasteiger partial charge in [-0.3, -0.25) is 9.59 Å². The third-order valence-corrected chi connectivity index (χ3v) is 3.81. The summed E-state index contributed by atoms with van der Waals surface area (Å²) in [7, 11) is 0. The van der Waals surface area contributed by atoms with Crippen molar-refractivity contribution < 1.29 is 14.7 Å². The molecule has 0 aromatic heterocycles. The molecule has 1 aliphatic rings. The fourth-order valence-electron chi connectivity index (χ4n) is 2.52. The Morgan fingerprint density at radius 2 is 2.21 bits per heavy atom. The zero-order valence-corrected chi connectivity index (χ0v) is 11.8. The van der Waals surface area contributed by atoms with E-state index in [4.69, 9.17) is 5.11 Å². The molecule has 1 aliphatic heterocycles. The smallest absolute Gasteiger partial charge is 0.303 e. The largest absolute Gasteiger partial charge is 0.481 e. The Kier molecular flexibility index (Phi) is 7.48. The van der Waals surface area contributed by atoms with Crippen LogP contribution in [0.15, 0.2) is 0 Å². The van der Waals surface area contributed by atoms with Crippen LogP contribution in [0.4, 0.5) is 0 Å². The maximum absolute atomic E-state index is 11.7. The Morgan fingerprint density at radius 3 is 2.79 bits per heavy atom. The highest BCUT2D eigenvalue weighted by Gasteiger charge is 2.17. The number of carbonyl (C=O) groups excluding carboxylic acids is 1.